The Kier molecular flexibility index (Phi) is 4.17. The first-order valence-corrected chi connectivity index (χ1v) is 8.24. The number of halogens is 3. The minimum Gasteiger partial charge on any atom is -0.298 e. The SMILES string of the molecule is FC(F)(F)c1ccc(-c2nc(C#Cc3ccccc3)c3ccccn23)cc1. The molecule has 0 aliphatic heterocycles. The van der Waals surface area contributed by atoms with Crippen LogP contribution in [0.2, 0.25) is 0 Å². The van der Waals surface area contributed by atoms with Gasteiger partial charge in [0.25, 0.3) is 0 Å². The fourth-order valence-corrected chi connectivity index (χ4v) is 2.79. The van der Waals surface area contributed by atoms with Gasteiger partial charge in [0, 0.05) is 17.3 Å². The van der Waals surface area contributed by atoms with Crippen molar-refractivity contribution in [1.82, 2.24) is 9.38 Å². The van der Waals surface area contributed by atoms with Crippen LogP contribution in [0.3, 0.4) is 0 Å². The second-order valence-corrected chi connectivity index (χ2v) is 5.93. The molecule has 5 heteroatoms. The van der Waals surface area contributed by atoms with Crippen molar-refractivity contribution in [2.45, 2.75) is 6.18 Å². The van der Waals surface area contributed by atoms with Gasteiger partial charge in [-0.2, -0.15) is 13.2 Å². The molecule has 0 saturated heterocycles. The number of hydrogen-bond donors (Lipinski definition) is 0. The molecule has 0 bridgehead atoms. The maximum Gasteiger partial charge on any atom is 0.416 e. The van der Waals surface area contributed by atoms with Crippen LogP contribution in [0.25, 0.3) is 16.9 Å². The number of fused-ring (bicyclic) bond motifs is 1. The molecule has 0 fully saturated rings. The van der Waals surface area contributed by atoms with Crippen molar-refractivity contribution >= 4 is 5.52 Å². The van der Waals surface area contributed by atoms with E-state index >= 15 is 0 Å². The molecule has 2 heterocycles. The highest BCUT2D eigenvalue weighted by atomic mass is 19.4. The van der Waals surface area contributed by atoms with E-state index in [2.05, 4.69) is 16.8 Å². The number of benzene rings is 2. The molecule has 0 spiro atoms. The highest BCUT2D eigenvalue weighted by Crippen LogP contribution is 2.31. The van der Waals surface area contributed by atoms with Crippen molar-refractivity contribution in [3.05, 3.63) is 95.8 Å². The summed E-state index contributed by atoms with van der Waals surface area (Å²) in [5.74, 6) is 6.69. The number of pyridine rings is 1. The van der Waals surface area contributed by atoms with E-state index in [-0.39, 0.29) is 0 Å². The molecule has 2 aromatic heterocycles. The zero-order valence-electron chi connectivity index (χ0n) is 14.0. The average Bonchev–Trinajstić information content (AvgIpc) is 3.05. The third-order valence-corrected chi connectivity index (χ3v) is 4.12. The summed E-state index contributed by atoms with van der Waals surface area (Å²) < 4.78 is 40.2. The molecular formula is C22H13F3N2. The van der Waals surface area contributed by atoms with Gasteiger partial charge in [-0.05, 0) is 42.3 Å². The zero-order valence-corrected chi connectivity index (χ0v) is 14.0. The third-order valence-electron chi connectivity index (χ3n) is 4.12. The molecule has 4 aromatic rings. The molecule has 0 unspecified atom stereocenters. The lowest BCUT2D eigenvalue weighted by Gasteiger charge is -2.07. The van der Waals surface area contributed by atoms with E-state index < -0.39 is 11.7 Å². The van der Waals surface area contributed by atoms with Crippen LogP contribution in [0.1, 0.15) is 16.8 Å². The molecule has 0 radical (unpaired) electrons. The Hall–Kier alpha value is -3.52. The fraction of sp³-hybridized carbons (Fsp3) is 0.0455. The molecular weight excluding hydrogens is 349 g/mol. The molecule has 2 aromatic carbocycles. The lowest BCUT2D eigenvalue weighted by atomic mass is 10.1. The normalized spacial score (nSPS) is 11.2. The van der Waals surface area contributed by atoms with E-state index in [0.717, 1.165) is 23.2 Å². The largest absolute Gasteiger partial charge is 0.416 e. The minimum absolute atomic E-state index is 0.552. The highest BCUT2D eigenvalue weighted by molar-refractivity contribution is 5.69. The number of imidazole rings is 1. The summed E-state index contributed by atoms with van der Waals surface area (Å²) in [7, 11) is 0. The smallest absolute Gasteiger partial charge is 0.298 e. The molecule has 27 heavy (non-hydrogen) atoms. The van der Waals surface area contributed by atoms with Crippen LogP contribution < -0.4 is 0 Å². The first-order chi connectivity index (χ1) is 13.0. The molecule has 132 valence electrons. The van der Waals surface area contributed by atoms with Crippen LogP contribution in [-0.4, -0.2) is 9.38 Å². The molecule has 2 nitrogen and oxygen atoms in total. The Bertz CT molecular complexity index is 1150. The maximum atomic E-state index is 12.8. The summed E-state index contributed by atoms with van der Waals surface area (Å²) in [6.07, 6.45) is -2.54. The molecule has 0 saturated carbocycles. The molecule has 0 amide bonds. The van der Waals surface area contributed by atoms with Crippen molar-refractivity contribution in [2.75, 3.05) is 0 Å². The maximum absolute atomic E-state index is 12.8. The lowest BCUT2D eigenvalue weighted by molar-refractivity contribution is -0.137. The summed E-state index contributed by atoms with van der Waals surface area (Å²) >= 11 is 0. The zero-order chi connectivity index (χ0) is 18.9. The van der Waals surface area contributed by atoms with Gasteiger partial charge >= 0.3 is 6.18 Å². The summed E-state index contributed by atoms with van der Waals surface area (Å²) in [4.78, 5) is 4.57. The number of alkyl halides is 3. The van der Waals surface area contributed by atoms with E-state index in [1.54, 1.807) is 0 Å². The highest BCUT2D eigenvalue weighted by Gasteiger charge is 2.30. The summed E-state index contributed by atoms with van der Waals surface area (Å²) in [5, 5.41) is 0. The van der Waals surface area contributed by atoms with Gasteiger partial charge in [-0.1, -0.05) is 42.3 Å². The van der Waals surface area contributed by atoms with Gasteiger partial charge in [0.1, 0.15) is 11.5 Å². The quantitative estimate of drug-likeness (QED) is 0.413. The summed E-state index contributed by atoms with van der Waals surface area (Å²) in [6, 6.07) is 20.1. The predicted molar refractivity (Wildman–Crippen MR) is 98.1 cm³/mol. The Balaban J connectivity index is 1.80. The van der Waals surface area contributed by atoms with Gasteiger partial charge < -0.3 is 0 Å². The molecule has 0 N–H and O–H groups in total. The minimum atomic E-state index is -4.36. The fourth-order valence-electron chi connectivity index (χ4n) is 2.79. The third kappa shape index (κ3) is 3.42. The van der Waals surface area contributed by atoms with E-state index in [4.69, 9.17) is 0 Å². The second kappa shape index (κ2) is 6.65. The first kappa shape index (κ1) is 16.9. The number of rotatable bonds is 1. The average molecular weight is 362 g/mol. The van der Waals surface area contributed by atoms with Crippen molar-refractivity contribution in [3.8, 4) is 23.2 Å². The van der Waals surface area contributed by atoms with Crippen LogP contribution in [0.5, 0.6) is 0 Å². The topological polar surface area (TPSA) is 17.3 Å². The van der Waals surface area contributed by atoms with Crippen LogP contribution in [-0.2, 0) is 6.18 Å². The monoisotopic (exact) mass is 362 g/mol. The molecule has 0 aliphatic carbocycles. The van der Waals surface area contributed by atoms with Crippen molar-refractivity contribution in [1.29, 1.82) is 0 Å². The molecule has 0 aliphatic rings. The summed E-state index contributed by atoms with van der Waals surface area (Å²) in [5.41, 5.74) is 2.16. The number of hydrogen-bond acceptors (Lipinski definition) is 1. The predicted octanol–water partition coefficient (Wildman–Crippen LogP) is 5.42. The van der Waals surface area contributed by atoms with Gasteiger partial charge in [0.15, 0.2) is 0 Å². The second-order valence-electron chi connectivity index (χ2n) is 5.93. The van der Waals surface area contributed by atoms with Crippen LogP contribution >= 0.6 is 0 Å². The van der Waals surface area contributed by atoms with E-state index in [0.29, 0.717) is 17.1 Å². The lowest BCUT2D eigenvalue weighted by Crippen LogP contribution is -2.04. The first-order valence-electron chi connectivity index (χ1n) is 8.24. The Morgan fingerprint density at radius 2 is 1.48 bits per heavy atom. The van der Waals surface area contributed by atoms with Crippen LogP contribution in [0.15, 0.2) is 79.0 Å². The van der Waals surface area contributed by atoms with Crippen molar-refractivity contribution in [3.63, 3.8) is 0 Å². The van der Waals surface area contributed by atoms with E-state index in [1.807, 2.05) is 59.1 Å². The number of nitrogens with zero attached hydrogens (tertiary/aromatic N) is 2. The van der Waals surface area contributed by atoms with Crippen LogP contribution in [0, 0.1) is 11.8 Å². The Labute approximate surface area is 153 Å². The van der Waals surface area contributed by atoms with E-state index in [1.165, 1.54) is 12.1 Å². The van der Waals surface area contributed by atoms with Gasteiger partial charge in [0.2, 0.25) is 0 Å². The van der Waals surface area contributed by atoms with Gasteiger partial charge in [-0.25, -0.2) is 4.98 Å². The Morgan fingerprint density at radius 1 is 0.778 bits per heavy atom. The van der Waals surface area contributed by atoms with Crippen LogP contribution in [0.4, 0.5) is 13.2 Å². The van der Waals surface area contributed by atoms with Gasteiger partial charge in [-0.3, -0.25) is 4.40 Å². The van der Waals surface area contributed by atoms with E-state index in [9.17, 15) is 13.2 Å². The standard InChI is InChI=1S/C22H13F3N2/c23-22(24,25)18-12-10-17(11-13-18)21-26-19(20-8-4-5-15-27(20)21)14-9-16-6-2-1-3-7-16/h1-8,10-13,15H. The Morgan fingerprint density at radius 3 is 2.19 bits per heavy atom. The van der Waals surface area contributed by atoms with Gasteiger partial charge in [0.05, 0.1) is 11.1 Å². The molecule has 0 atom stereocenters. The van der Waals surface area contributed by atoms with Crippen molar-refractivity contribution in [2.24, 2.45) is 0 Å². The number of aromatic nitrogens is 2. The summed E-state index contributed by atoms with van der Waals surface area (Å²) in [6.45, 7) is 0. The van der Waals surface area contributed by atoms with Crippen molar-refractivity contribution < 1.29 is 13.2 Å². The molecule has 4 rings (SSSR count). The van der Waals surface area contributed by atoms with Gasteiger partial charge in [-0.15, -0.1) is 0 Å².